The maximum Gasteiger partial charge on any atom is 0.0534 e. The second-order valence-corrected chi connectivity index (χ2v) is 4.03. The van der Waals surface area contributed by atoms with E-state index < -0.39 is 0 Å². The molecule has 86 valence electrons. The van der Waals surface area contributed by atoms with Crippen LogP contribution in [-0.4, -0.2) is 28.0 Å². The number of aromatic nitrogens is 2. The molecule has 0 saturated carbocycles. The molecule has 0 aliphatic carbocycles. The highest BCUT2D eigenvalue weighted by atomic mass is 16.3. The van der Waals surface area contributed by atoms with Crippen LogP contribution in [0.15, 0.2) is 12.4 Å². The van der Waals surface area contributed by atoms with Crippen LogP contribution in [-0.2, 0) is 13.1 Å². The van der Waals surface area contributed by atoms with E-state index in [0.29, 0.717) is 5.92 Å². The van der Waals surface area contributed by atoms with Gasteiger partial charge in [-0.05, 0) is 12.3 Å². The van der Waals surface area contributed by atoms with Crippen molar-refractivity contribution in [1.29, 1.82) is 0 Å². The molecule has 0 fully saturated rings. The second-order valence-electron chi connectivity index (χ2n) is 4.03. The summed E-state index contributed by atoms with van der Waals surface area (Å²) in [5, 5.41) is 16.4. The first kappa shape index (κ1) is 12.2. The van der Waals surface area contributed by atoms with Gasteiger partial charge in [0.1, 0.15) is 0 Å². The van der Waals surface area contributed by atoms with E-state index in [-0.39, 0.29) is 6.61 Å². The van der Waals surface area contributed by atoms with E-state index in [1.165, 1.54) is 5.56 Å². The fourth-order valence-corrected chi connectivity index (χ4v) is 1.38. The van der Waals surface area contributed by atoms with E-state index >= 15 is 0 Å². The molecule has 0 bridgehead atoms. The maximum atomic E-state index is 8.85. The van der Waals surface area contributed by atoms with Crippen LogP contribution in [0.2, 0.25) is 0 Å². The molecule has 0 aliphatic rings. The minimum atomic E-state index is 0.238. The number of aryl methyl sites for hydroxylation is 1. The molecule has 1 unspecified atom stereocenters. The normalized spacial score (nSPS) is 13.0. The van der Waals surface area contributed by atoms with Crippen LogP contribution in [0.5, 0.6) is 0 Å². The van der Waals surface area contributed by atoms with E-state index in [4.69, 9.17) is 5.11 Å². The van der Waals surface area contributed by atoms with E-state index in [1.54, 1.807) is 0 Å². The quantitative estimate of drug-likeness (QED) is 0.707. The summed E-state index contributed by atoms with van der Waals surface area (Å²) in [6.45, 7) is 7.05. The molecule has 1 aromatic heterocycles. The predicted molar refractivity (Wildman–Crippen MR) is 60.5 cm³/mol. The Morgan fingerprint density at radius 3 is 3.07 bits per heavy atom. The van der Waals surface area contributed by atoms with Gasteiger partial charge in [0.25, 0.3) is 0 Å². The van der Waals surface area contributed by atoms with Crippen molar-refractivity contribution in [1.82, 2.24) is 15.1 Å². The predicted octanol–water partition coefficient (Wildman–Crippen LogP) is 1.01. The van der Waals surface area contributed by atoms with Crippen LogP contribution in [0.4, 0.5) is 0 Å². The minimum Gasteiger partial charge on any atom is -0.396 e. The van der Waals surface area contributed by atoms with Crippen LogP contribution in [0.3, 0.4) is 0 Å². The molecule has 4 nitrogen and oxygen atoms in total. The van der Waals surface area contributed by atoms with Gasteiger partial charge in [-0.2, -0.15) is 5.10 Å². The Hall–Kier alpha value is -0.870. The zero-order valence-corrected chi connectivity index (χ0v) is 9.61. The molecule has 0 aromatic carbocycles. The van der Waals surface area contributed by atoms with Gasteiger partial charge in [0.05, 0.1) is 6.20 Å². The lowest BCUT2D eigenvalue weighted by atomic mass is 10.2. The molecule has 0 amide bonds. The molecule has 4 heteroatoms. The van der Waals surface area contributed by atoms with Gasteiger partial charge < -0.3 is 10.4 Å². The summed E-state index contributed by atoms with van der Waals surface area (Å²) in [5.41, 5.74) is 1.20. The van der Waals surface area contributed by atoms with Gasteiger partial charge in [-0.3, -0.25) is 4.68 Å². The first-order valence-electron chi connectivity index (χ1n) is 5.59. The average molecular weight is 211 g/mol. The molecule has 15 heavy (non-hydrogen) atoms. The number of hydrogen-bond acceptors (Lipinski definition) is 3. The number of aliphatic hydroxyl groups excluding tert-OH is 1. The van der Waals surface area contributed by atoms with Crippen molar-refractivity contribution in [3.63, 3.8) is 0 Å². The highest BCUT2D eigenvalue weighted by molar-refractivity contribution is 5.03. The smallest absolute Gasteiger partial charge is 0.0534 e. The van der Waals surface area contributed by atoms with Crippen molar-refractivity contribution in [2.75, 3.05) is 13.2 Å². The van der Waals surface area contributed by atoms with Gasteiger partial charge >= 0.3 is 0 Å². The van der Waals surface area contributed by atoms with Crippen molar-refractivity contribution in [2.24, 2.45) is 5.92 Å². The van der Waals surface area contributed by atoms with E-state index in [2.05, 4.69) is 23.5 Å². The van der Waals surface area contributed by atoms with Crippen LogP contribution in [0, 0.1) is 5.92 Å². The molecule has 2 N–H and O–H groups in total. The van der Waals surface area contributed by atoms with Crippen molar-refractivity contribution in [3.8, 4) is 0 Å². The second kappa shape index (κ2) is 6.58. The van der Waals surface area contributed by atoms with Crippen LogP contribution < -0.4 is 5.32 Å². The summed E-state index contributed by atoms with van der Waals surface area (Å²) >= 11 is 0. The van der Waals surface area contributed by atoms with Crippen molar-refractivity contribution >= 4 is 0 Å². The summed E-state index contributed by atoms with van der Waals surface area (Å²) in [4.78, 5) is 0. The van der Waals surface area contributed by atoms with Gasteiger partial charge in [0, 0.05) is 38.0 Å². The fourth-order valence-electron chi connectivity index (χ4n) is 1.38. The van der Waals surface area contributed by atoms with E-state index in [9.17, 15) is 0 Å². The number of nitrogens with one attached hydrogen (secondary N) is 1. The number of aliphatic hydroxyl groups is 1. The Morgan fingerprint density at radius 1 is 1.60 bits per heavy atom. The average Bonchev–Trinajstić information content (AvgIpc) is 2.66. The van der Waals surface area contributed by atoms with Gasteiger partial charge in [0.2, 0.25) is 0 Å². The molecule has 0 saturated heterocycles. The topological polar surface area (TPSA) is 50.1 Å². The number of rotatable bonds is 7. The van der Waals surface area contributed by atoms with Crippen LogP contribution in [0.25, 0.3) is 0 Å². The number of hydrogen-bond donors (Lipinski definition) is 2. The fraction of sp³-hybridized carbons (Fsp3) is 0.727. The monoisotopic (exact) mass is 211 g/mol. The summed E-state index contributed by atoms with van der Waals surface area (Å²) in [7, 11) is 0. The Labute approximate surface area is 91.3 Å². The zero-order valence-electron chi connectivity index (χ0n) is 9.61. The zero-order chi connectivity index (χ0) is 11.1. The Bertz CT molecular complexity index is 273. The SMILES string of the molecule is CCCn1cc(CNCC(C)CO)cn1. The summed E-state index contributed by atoms with van der Waals surface area (Å²) in [6, 6.07) is 0. The van der Waals surface area contributed by atoms with E-state index in [1.807, 2.05) is 17.8 Å². The number of nitrogens with zero attached hydrogens (tertiary/aromatic N) is 2. The summed E-state index contributed by atoms with van der Waals surface area (Å²) in [5.74, 6) is 0.315. The molecular weight excluding hydrogens is 190 g/mol. The maximum absolute atomic E-state index is 8.85. The highest BCUT2D eigenvalue weighted by Gasteiger charge is 2.00. The molecule has 1 atom stereocenters. The molecule has 0 spiro atoms. The lowest BCUT2D eigenvalue weighted by Gasteiger charge is -2.07. The lowest BCUT2D eigenvalue weighted by molar-refractivity contribution is 0.233. The van der Waals surface area contributed by atoms with Crippen molar-refractivity contribution in [3.05, 3.63) is 18.0 Å². The molecule has 1 heterocycles. The summed E-state index contributed by atoms with van der Waals surface area (Å²) < 4.78 is 1.96. The first-order chi connectivity index (χ1) is 7.26. The Kier molecular flexibility index (Phi) is 5.36. The Balaban J connectivity index is 2.25. The standard InChI is InChI=1S/C11H21N3O/c1-3-4-14-8-11(7-13-14)6-12-5-10(2)9-15/h7-8,10,12,15H,3-6,9H2,1-2H3. The minimum absolute atomic E-state index is 0.238. The molecule has 0 radical (unpaired) electrons. The van der Waals surface area contributed by atoms with Crippen LogP contribution >= 0.6 is 0 Å². The van der Waals surface area contributed by atoms with Gasteiger partial charge in [-0.1, -0.05) is 13.8 Å². The third-order valence-electron chi connectivity index (χ3n) is 2.27. The van der Waals surface area contributed by atoms with Crippen molar-refractivity contribution in [2.45, 2.75) is 33.4 Å². The van der Waals surface area contributed by atoms with Gasteiger partial charge in [-0.15, -0.1) is 0 Å². The van der Waals surface area contributed by atoms with Gasteiger partial charge in [0.15, 0.2) is 0 Å². The first-order valence-corrected chi connectivity index (χ1v) is 5.59. The molecular formula is C11H21N3O. The third-order valence-corrected chi connectivity index (χ3v) is 2.27. The van der Waals surface area contributed by atoms with Crippen LogP contribution in [0.1, 0.15) is 25.8 Å². The third kappa shape index (κ3) is 4.44. The Morgan fingerprint density at radius 2 is 2.40 bits per heavy atom. The van der Waals surface area contributed by atoms with Crippen molar-refractivity contribution < 1.29 is 5.11 Å². The summed E-state index contributed by atoms with van der Waals surface area (Å²) in [6.07, 6.45) is 5.07. The largest absolute Gasteiger partial charge is 0.396 e. The highest BCUT2D eigenvalue weighted by Crippen LogP contribution is 1.99. The van der Waals surface area contributed by atoms with Gasteiger partial charge in [-0.25, -0.2) is 0 Å². The molecule has 1 rings (SSSR count). The molecule has 0 aliphatic heterocycles. The lowest BCUT2D eigenvalue weighted by Crippen LogP contribution is -2.22. The molecule has 1 aromatic rings. The van der Waals surface area contributed by atoms with E-state index in [0.717, 1.165) is 26.1 Å².